The molecule has 6 heteroatoms. The Kier molecular flexibility index (Phi) is 5.74. The number of anilines is 2. The summed E-state index contributed by atoms with van der Waals surface area (Å²) in [7, 11) is 2.23. The highest BCUT2D eigenvalue weighted by atomic mass is 32.1. The molecular weight excluding hydrogens is 380 g/mol. The van der Waals surface area contributed by atoms with Crippen LogP contribution in [0.1, 0.15) is 10.4 Å². The molecule has 0 spiro atoms. The number of hydrogen-bond acceptors (Lipinski definition) is 3. The molecule has 1 heterocycles. The number of thiocarbonyl (C=S) groups is 1. The first-order chi connectivity index (χ1) is 14.1. The van der Waals surface area contributed by atoms with E-state index in [9.17, 15) is 4.79 Å². The summed E-state index contributed by atoms with van der Waals surface area (Å²) < 4.78 is 0. The number of likely N-dealkylation sites (N-methyl/N-ethyl adjacent to an activating group) is 1. The van der Waals surface area contributed by atoms with Gasteiger partial charge in [0.15, 0.2) is 5.11 Å². The van der Waals surface area contributed by atoms with Crippen molar-refractivity contribution >= 4 is 45.4 Å². The molecule has 29 heavy (non-hydrogen) atoms. The van der Waals surface area contributed by atoms with Crippen LogP contribution in [0.2, 0.25) is 0 Å². The first-order valence-electron chi connectivity index (χ1n) is 9.86. The number of quaternary nitrogens is 1. The molecule has 0 radical (unpaired) electrons. The van der Waals surface area contributed by atoms with E-state index in [1.165, 1.54) is 5.69 Å². The van der Waals surface area contributed by atoms with Gasteiger partial charge < -0.3 is 15.1 Å². The standard InChI is InChI=1S/C23H24N4OS/c1-26-13-15-27(16-14-26)19-11-9-18(10-12-19)24-23(29)25-22(28)21-8-4-6-17-5-2-3-7-20(17)21/h2-12H,13-16H2,1H3,(H2,24,25,28,29)/p+1. The number of carbonyl (C=O) groups is 1. The van der Waals surface area contributed by atoms with Gasteiger partial charge in [0, 0.05) is 16.9 Å². The molecule has 1 fully saturated rings. The van der Waals surface area contributed by atoms with E-state index >= 15 is 0 Å². The number of amides is 1. The van der Waals surface area contributed by atoms with Crippen LogP contribution in [0, 0.1) is 0 Å². The van der Waals surface area contributed by atoms with Crippen molar-refractivity contribution in [3.8, 4) is 0 Å². The molecular formula is C23H25N4OS+. The fraction of sp³-hybridized carbons (Fsp3) is 0.217. The van der Waals surface area contributed by atoms with E-state index in [1.807, 2.05) is 54.6 Å². The number of rotatable bonds is 3. The molecule has 4 rings (SSSR count). The van der Waals surface area contributed by atoms with E-state index in [1.54, 1.807) is 4.90 Å². The van der Waals surface area contributed by atoms with Gasteiger partial charge in [-0.3, -0.25) is 10.1 Å². The van der Waals surface area contributed by atoms with E-state index < -0.39 is 0 Å². The Morgan fingerprint density at radius 3 is 2.41 bits per heavy atom. The number of nitrogens with zero attached hydrogens (tertiary/aromatic N) is 1. The molecule has 3 aromatic rings. The van der Waals surface area contributed by atoms with E-state index in [4.69, 9.17) is 12.2 Å². The number of piperazine rings is 1. The highest BCUT2D eigenvalue weighted by Gasteiger charge is 2.17. The molecule has 3 N–H and O–H groups in total. The summed E-state index contributed by atoms with van der Waals surface area (Å²) in [6.07, 6.45) is 0. The molecule has 0 aliphatic carbocycles. The molecule has 1 aliphatic rings. The monoisotopic (exact) mass is 405 g/mol. The number of nitrogens with one attached hydrogen (secondary N) is 3. The zero-order chi connectivity index (χ0) is 20.2. The highest BCUT2D eigenvalue weighted by Crippen LogP contribution is 2.19. The van der Waals surface area contributed by atoms with Gasteiger partial charge in [0.05, 0.1) is 33.2 Å². The van der Waals surface area contributed by atoms with E-state index in [0.29, 0.717) is 10.7 Å². The van der Waals surface area contributed by atoms with Crippen molar-refractivity contribution in [1.82, 2.24) is 5.32 Å². The Morgan fingerprint density at radius 2 is 1.66 bits per heavy atom. The van der Waals surface area contributed by atoms with Gasteiger partial charge in [0.2, 0.25) is 0 Å². The average Bonchev–Trinajstić information content (AvgIpc) is 2.74. The number of carbonyl (C=O) groups excluding carboxylic acids is 1. The lowest BCUT2D eigenvalue weighted by Crippen LogP contribution is -3.12. The van der Waals surface area contributed by atoms with Crippen molar-refractivity contribution in [1.29, 1.82) is 0 Å². The van der Waals surface area contributed by atoms with Gasteiger partial charge in [-0.25, -0.2) is 0 Å². The minimum atomic E-state index is -0.212. The van der Waals surface area contributed by atoms with Gasteiger partial charge >= 0.3 is 0 Å². The summed E-state index contributed by atoms with van der Waals surface area (Å²) in [5.41, 5.74) is 2.69. The van der Waals surface area contributed by atoms with Crippen LogP contribution in [-0.4, -0.2) is 44.2 Å². The van der Waals surface area contributed by atoms with Gasteiger partial charge in [-0.2, -0.15) is 0 Å². The van der Waals surface area contributed by atoms with Crippen LogP contribution in [0.5, 0.6) is 0 Å². The first kappa shape index (κ1) is 19.4. The van der Waals surface area contributed by atoms with Crippen molar-refractivity contribution in [3.05, 3.63) is 72.3 Å². The maximum Gasteiger partial charge on any atom is 0.258 e. The molecule has 5 nitrogen and oxygen atoms in total. The molecule has 3 aromatic carbocycles. The van der Waals surface area contributed by atoms with Crippen molar-refractivity contribution in [2.24, 2.45) is 0 Å². The van der Waals surface area contributed by atoms with Crippen LogP contribution in [-0.2, 0) is 0 Å². The topological polar surface area (TPSA) is 48.8 Å². The molecule has 1 saturated heterocycles. The van der Waals surface area contributed by atoms with Crippen molar-refractivity contribution in [3.63, 3.8) is 0 Å². The van der Waals surface area contributed by atoms with Gasteiger partial charge in [0.25, 0.3) is 5.91 Å². The SMILES string of the molecule is C[NH+]1CCN(c2ccc(NC(=S)NC(=O)c3cccc4ccccc34)cc2)CC1. The number of benzene rings is 3. The van der Waals surface area contributed by atoms with Gasteiger partial charge in [-0.1, -0.05) is 36.4 Å². The third-order valence-electron chi connectivity index (χ3n) is 5.37. The molecule has 148 valence electrons. The smallest absolute Gasteiger partial charge is 0.258 e. The Balaban J connectivity index is 1.38. The lowest BCUT2D eigenvalue weighted by atomic mass is 10.0. The van der Waals surface area contributed by atoms with Crippen molar-refractivity contribution < 1.29 is 9.69 Å². The summed E-state index contributed by atoms with van der Waals surface area (Å²) in [5.74, 6) is -0.212. The lowest BCUT2D eigenvalue weighted by molar-refractivity contribution is -0.880. The second kappa shape index (κ2) is 8.59. The molecule has 0 atom stereocenters. The molecule has 1 amide bonds. The van der Waals surface area contributed by atoms with Crippen LogP contribution in [0.15, 0.2) is 66.7 Å². The molecule has 0 unspecified atom stereocenters. The van der Waals surface area contributed by atoms with Gasteiger partial charge in [0.1, 0.15) is 0 Å². The van der Waals surface area contributed by atoms with Crippen LogP contribution in [0.3, 0.4) is 0 Å². The predicted molar refractivity (Wildman–Crippen MR) is 123 cm³/mol. The molecule has 1 aliphatic heterocycles. The first-order valence-corrected chi connectivity index (χ1v) is 10.3. The second-order valence-electron chi connectivity index (χ2n) is 7.43. The van der Waals surface area contributed by atoms with Crippen molar-refractivity contribution in [2.75, 3.05) is 43.4 Å². The Hall–Kier alpha value is -2.96. The summed E-state index contributed by atoms with van der Waals surface area (Å²) in [6.45, 7) is 4.45. The van der Waals surface area contributed by atoms with Crippen LogP contribution in [0.25, 0.3) is 10.8 Å². The predicted octanol–water partition coefficient (Wildman–Crippen LogP) is 2.30. The maximum atomic E-state index is 12.7. The molecule has 0 bridgehead atoms. The fourth-order valence-electron chi connectivity index (χ4n) is 3.66. The largest absolute Gasteiger partial charge is 0.360 e. The summed E-state index contributed by atoms with van der Waals surface area (Å²) in [6, 6.07) is 21.7. The zero-order valence-electron chi connectivity index (χ0n) is 16.4. The Labute approximate surface area is 176 Å². The summed E-state index contributed by atoms with van der Waals surface area (Å²) in [4.78, 5) is 16.7. The zero-order valence-corrected chi connectivity index (χ0v) is 17.3. The third kappa shape index (κ3) is 4.55. The van der Waals surface area contributed by atoms with Crippen LogP contribution >= 0.6 is 12.2 Å². The van der Waals surface area contributed by atoms with E-state index in [0.717, 1.165) is 42.6 Å². The fourth-order valence-corrected chi connectivity index (χ4v) is 3.87. The Bertz CT molecular complexity index is 1020. The second-order valence-corrected chi connectivity index (χ2v) is 7.83. The summed E-state index contributed by atoms with van der Waals surface area (Å²) in [5, 5.41) is 8.12. The minimum Gasteiger partial charge on any atom is -0.360 e. The third-order valence-corrected chi connectivity index (χ3v) is 5.57. The minimum absolute atomic E-state index is 0.212. The van der Waals surface area contributed by atoms with Crippen LogP contribution < -0.4 is 20.4 Å². The normalized spacial score (nSPS) is 14.6. The summed E-state index contributed by atoms with van der Waals surface area (Å²) >= 11 is 5.35. The van der Waals surface area contributed by atoms with Crippen LogP contribution in [0.4, 0.5) is 11.4 Å². The lowest BCUT2D eigenvalue weighted by Gasteiger charge is -2.31. The van der Waals surface area contributed by atoms with E-state index in [2.05, 4.69) is 34.7 Å². The van der Waals surface area contributed by atoms with E-state index in [-0.39, 0.29) is 5.91 Å². The molecule has 0 saturated carbocycles. The number of fused-ring (bicyclic) bond motifs is 1. The molecule has 0 aromatic heterocycles. The quantitative estimate of drug-likeness (QED) is 0.586. The van der Waals surface area contributed by atoms with Crippen molar-refractivity contribution in [2.45, 2.75) is 0 Å². The average molecular weight is 406 g/mol. The Morgan fingerprint density at radius 1 is 0.966 bits per heavy atom. The van der Waals surface area contributed by atoms with Gasteiger partial charge in [-0.15, -0.1) is 0 Å². The number of hydrogen-bond donors (Lipinski definition) is 3. The van der Waals surface area contributed by atoms with Gasteiger partial charge in [-0.05, 0) is 53.3 Å². The maximum absolute atomic E-state index is 12.7. The highest BCUT2D eigenvalue weighted by molar-refractivity contribution is 7.80.